The number of nitrogens with zero attached hydrogens (tertiary/aromatic N) is 1. The molecule has 6 nitrogen and oxygen atoms in total. The maximum absolute atomic E-state index is 12.1. The van der Waals surface area contributed by atoms with Crippen LogP contribution in [0.15, 0.2) is 5.03 Å². The molecular weight excluding hydrogens is 242 g/mol. The number of nitrogens with one attached hydrogen (secondary N) is 2. The normalized spacial score (nSPS) is 22.7. The maximum Gasteiger partial charge on any atom is 0.260 e. The molecule has 1 heterocycles. The number of sulfonamides is 1. The van der Waals surface area contributed by atoms with E-state index in [1.54, 1.807) is 6.92 Å². The Balaban J connectivity index is 2.26. The van der Waals surface area contributed by atoms with Gasteiger partial charge in [0.05, 0.1) is 6.61 Å². The summed E-state index contributed by atoms with van der Waals surface area (Å²) in [6.45, 7) is 5.34. The fourth-order valence-corrected chi connectivity index (χ4v) is 3.35. The minimum atomic E-state index is -3.64. The Morgan fingerprint density at radius 1 is 1.59 bits per heavy atom. The van der Waals surface area contributed by atoms with Crippen LogP contribution in [0.1, 0.15) is 31.5 Å². The Bertz CT molecular complexity index is 533. The van der Waals surface area contributed by atoms with Gasteiger partial charge in [-0.25, -0.2) is 13.1 Å². The first kappa shape index (κ1) is 12.5. The molecule has 0 radical (unpaired) electrons. The zero-order valence-corrected chi connectivity index (χ0v) is 10.9. The number of aliphatic hydroxyl groups is 1. The molecule has 0 saturated heterocycles. The monoisotopic (exact) mass is 259 g/mol. The van der Waals surface area contributed by atoms with Crippen molar-refractivity contribution in [2.75, 3.05) is 0 Å². The number of hydrogen-bond donors (Lipinski definition) is 3. The highest BCUT2D eigenvalue weighted by Crippen LogP contribution is 2.45. The van der Waals surface area contributed by atoms with Gasteiger partial charge < -0.3 is 5.11 Å². The van der Waals surface area contributed by atoms with Gasteiger partial charge in [-0.1, -0.05) is 13.8 Å². The lowest BCUT2D eigenvalue weighted by atomic mass is 10.2. The van der Waals surface area contributed by atoms with Crippen molar-refractivity contribution in [1.82, 2.24) is 14.9 Å². The zero-order chi connectivity index (χ0) is 12.8. The second-order valence-corrected chi connectivity index (χ2v) is 6.79. The van der Waals surface area contributed by atoms with E-state index in [2.05, 4.69) is 14.9 Å². The van der Waals surface area contributed by atoms with Crippen molar-refractivity contribution in [3.8, 4) is 0 Å². The van der Waals surface area contributed by atoms with Crippen LogP contribution >= 0.6 is 0 Å². The molecule has 3 N–H and O–H groups in total. The van der Waals surface area contributed by atoms with Gasteiger partial charge in [0.2, 0.25) is 0 Å². The number of aromatic amines is 1. The van der Waals surface area contributed by atoms with Gasteiger partial charge >= 0.3 is 0 Å². The van der Waals surface area contributed by atoms with Crippen LogP contribution in [-0.2, 0) is 16.6 Å². The summed E-state index contributed by atoms with van der Waals surface area (Å²) < 4.78 is 26.7. The largest absolute Gasteiger partial charge is 0.392 e. The van der Waals surface area contributed by atoms with Crippen molar-refractivity contribution in [3.63, 3.8) is 0 Å². The topological polar surface area (TPSA) is 95.1 Å². The highest BCUT2D eigenvalue weighted by Gasteiger charge is 2.48. The minimum absolute atomic E-state index is 0.0117. The van der Waals surface area contributed by atoms with Crippen LogP contribution in [0.4, 0.5) is 0 Å². The van der Waals surface area contributed by atoms with Gasteiger partial charge in [0.15, 0.2) is 5.03 Å². The van der Waals surface area contributed by atoms with E-state index < -0.39 is 10.0 Å². The van der Waals surface area contributed by atoms with Crippen molar-refractivity contribution < 1.29 is 13.5 Å². The Hall–Kier alpha value is -0.920. The number of aryl methyl sites for hydroxylation is 1. The van der Waals surface area contributed by atoms with Crippen LogP contribution in [-0.4, -0.2) is 29.8 Å². The number of aromatic nitrogens is 2. The summed E-state index contributed by atoms with van der Waals surface area (Å²) in [6.07, 6.45) is 0.824. The van der Waals surface area contributed by atoms with Crippen molar-refractivity contribution >= 4 is 10.0 Å². The molecule has 17 heavy (non-hydrogen) atoms. The first-order valence-electron chi connectivity index (χ1n) is 5.45. The lowest BCUT2D eigenvalue weighted by molar-refractivity contribution is 0.277. The number of hydrogen-bond acceptors (Lipinski definition) is 4. The van der Waals surface area contributed by atoms with E-state index in [1.807, 2.05) is 13.8 Å². The van der Waals surface area contributed by atoms with Gasteiger partial charge in [-0.2, -0.15) is 5.10 Å². The van der Waals surface area contributed by atoms with Crippen LogP contribution < -0.4 is 4.72 Å². The molecule has 0 bridgehead atoms. The van der Waals surface area contributed by atoms with Gasteiger partial charge in [-0.15, -0.1) is 0 Å². The molecule has 7 heteroatoms. The highest BCUT2D eigenvalue weighted by atomic mass is 32.2. The second-order valence-electron chi connectivity index (χ2n) is 5.16. The average Bonchev–Trinajstić information content (AvgIpc) is 2.63. The predicted molar refractivity (Wildman–Crippen MR) is 61.8 cm³/mol. The number of H-pyrrole nitrogens is 1. The Morgan fingerprint density at radius 2 is 2.18 bits per heavy atom. The highest BCUT2D eigenvalue weighted by molar-refractivity contribution is 7.89. The first-order valence-corrected chi connectivity index (χ1v) is 6.93. The zero-order valence-electron chi connectivity index (χ0n) is 10.1. The summed E-state index contributed by atoms with van der Waals surface area (Å²) in [6, 6.07) is -0.0453. The molecule has 1 unspecified atom stereocenters. The average molecular weight is 259 g/mol. The van der Waals surface area contributed by atoms with E-state index in [4.69, 9.17) is 5.11 Å². The Labute approximate surface area is 100 Å². The summed E-state index contributed by atoms with van der Waals surface area (Å²) in [5, 5.41) is 15.4. The fraction of sp³-hybridized carbons (Fsp3) is 0.700. The van der Waals surface area contributed by atoms with E-state index in [-0.39, 0.29) is 23.1 Å². The lowest BCUT2D eigenvalue weighted by Crippen LogP contribution is -2.29. The van der Waals surface area contributed by atoms with Crippen molar-refractivity contribution in [2.24, 2.45) is 5.41 Å². The molecule has 1 aliphatic rings. The molecule has 2 rings (SSSR count). The molecule has 1 aromatic heterocycles. The van der Waals surface area contributed by atoms with Crippen LogP contribution in [0.2, 0.25) is 0 Å². The molecule has 0 aromatic carbocycles. The first-order chi connectivity index (χ1) is 7.78. The third-order valence-corrected chi connectivity index (χ3v) is 4.70. The van der Waals surface area contributed by atoms with Crippen molar-refractivity contribution in [3.05, 3.63) is 11.3 Å². The van der Waals surface area contributed by atoms with Gasteiger partial charge in [0.1, 0.15) is 0 Å². The van der Waals surface area contributed by atoms with Crippen LogP contribution in [0.5, 0.6) is 0 Å². The third-order valence-electron chi connectivity index (χ3n) is 3.26. The van der Waals surface area contributed by atoms with E-state index in [0.717, 1.165) is 6.42 Å². The van der Waals surface area contributed by atoms with E-state index >= 15 is 0 Å². The Morgan fingerprint density at radius 3 is 2.65 bits per heavy atom. The molecule has 0 spiro atoms. The van der Waals surface area contributed by atoms with E-state index in [9.17, 15) is 8.42 Å². The summed E-state index contributed by atoms with van der Waals surface area (Å²) in [5.74, 6) is 0. The smallest absolute Gasteiger partial charge is 0.260 e. The summed E-state index contributed by atoms with van der Waals surface area (Å²) in [5.41, 5.74) is 0.913. The SMILES string of the molecule is Cc1[nH]nc(S(=O)(=O)NC2CC2(C)C)c1CO. The van der Waals surface area contributed by atoms with Crippen LogP contribution in [0, 0.1) is 12.3 Å². The van der Waals surface area contributed by atoms with Gasteiger partial charge in [0, 0.05) is 17.3 Å². The van der Waals surface area contributed by atoms with Crippen LogP contribution in [0.25, 0.3) is 0 Å². The summed E-state index contributed by atoms with van der Waals surface area (Å²) >= 11 is 0. The molecule has 0 amide bonds. The summed E-state index contributed by atoms with van der Waals surface area (Å²) in [7, 11) is -3.64. The maximum atomic E-state index is 12.1. The molecule has 1 aromatic rings. The van der Waals surface area contributed by atoms with Crippen LogP contribution in [0.3, 0.4) is 0 Å². The standard InChI is InChI=1S/C10H17N3O3S/c1-6-7(5-14)9(12-11-6)17(15,16)13-8-4-10(8,2)3/h8,13-14H,4-5H2,1-3H3,(H,11,12). The fourth-order valence-electron chi connectivity index (χ4n) is 1.75. The van der Waals surface area contributed by atoms with Gasteiger partial charge in [0.25, 0.3) is 10.0 Å². The molecule has 1 aliphatic carbocycles. The number of rotatable bonds is 4. The second kappa shape index (κ2) is 3.79. The lowest BCUT2D eigenvalue weighted by Gasteiger charge is -2.07. The predicted octanol–water partition coefficient (Wildman–Crippen LogP) is 0.287. The van der Waals surface area contributed by atoms with Gasteiger partial charge in [-0.05, 0) is 18.8 Å². The molecule has 1 atom stereocenters. The molecule has 1 saturated carbocycles. The van der Waals surface area contributed by atoms with E-state index in [1.165, 1.54) is 0 Å². The Kier molecular flexibility index (Phi) is 2.80. The minimum Gasteiger partial charge on any atom is -0.392 e. The molecule has 96 valence electrons. The van der Waals surface area contributed by atoms with E-state index in [0.29, 0.717) is 11.3 Å². The molecule has 1 fully saturated rings. The van der Waals surface area contributed by atoms with Crippen molar-refractivity contribution in [2.45, 2.75) is 44.9 Å². The third kappa shape index (κ3) is 2.22. The summed E-state index contributed by atoms with van der Waals surface area (Å²) in [4.78, 5) is 0. The quantitative estimate of drug-likeness (QED) is 0.724. The number of aliphatic hydroxyl groups excluding tert-OH is 1. The molecule has 0 aliphatic heterocycles. The van der Waals surface area contributed by atoms with Crippen molar-refractivity contribution in [1.29, 1.82) is 0 Å². The van der Waals surface area contributed by atoms with Gasteiger partial charge in [-0.3, -0.25) is 5.10 Å². The molecular formula is C10H17N3O3S.